The number of amides is 1. The normalized spacial score (nSPS) is 12.2. The lowest BCUT2D eigenvalue weighted by atomic mass is 10.3. The first-order chi connectivity index (χ1) is 9.63. The number of benzene rings is 1. The number of hydrogen-bond acceptors (Lipinski definition) is 4. The Morgan fingerprint density at radius 1 is 1.40 bits per heavy atom. The second-order valence-electron chi connectivity index (χ2n) is 4.45. The van der Waals surface area contributed by atoms with Crippen LogP contribution in [0.15, 0.2) is 34.6 Å². The molecule has 0 aliphatic rings. The van der Waals surface area contributed by atoms with Gasteiger partial charge in [-0.3, -0.25) is 4.79 Å². The van der Waals surface area contributed by atoms with Gasteiger partial charge in [0.05, 0.1) is 27.3 Å². The molecule has 0 aliphatic carbocycles. The van der Waals surface area contributed by atoms with E-state index >= 15 is 0 Å². The number of fused-ring (bicyclic) bond motifs is 1. The number of aryl methyl sites for hydroxylation is 2. The smallest absolute Gasteiger partial charge is 0.254 e. The maximum absolute atomic E-state index is 12.0. The summed E-state index contributed by atoms with van der Waals surface area (Å²) in [6, 6.07) is 8.04. The van der Waals surface area contributed by atoms with Gasteiger partial charge in [-0.15, -0.1) is 11.3 Å². The highest BCUT2D eigenvalue weighted by molar-refractivity contribution is 7.16. The number of carbonyl (C=O) groups excluding carboxylic acids is 1. The molecule has 0 N–H and O–H groups in total. The zero-order valence-electron chi connectivity index (χ0n) is 11.2. The quantitative estimate of drug-likeness (QED) is 0.731. The largest absolute Gasteiger partial charge is 0.319 e. The Kier molecular flexibility index (Phi) is 3.50. The second kappa shape index (κ2) is 5.30. The maximum Gasteiger partial charge on any atom is 0.254 e. The minimum atomic E-state index is -0.155. The van der Waals surface area contributed by atoms with Crippen LogP contribution in [-0.2, 0) is 18.3 Å². The molecule has 0 unspecified atom stereocenters. The summed E-state index contributed by atoms with van der Waals surface area (Å²) in [5.74, 6) is -0.155. The Balaban J connectivity index is 1.93. The lowest BCUT2D eigenvalue weighted by molar-refractivity contribution is -0.117. The van der Waals surface area contributed by atoms with Gasteiger partial charge in [0.15, 0.2) is 4.80 Å². The van der Waals surface area contributed by atoms with Gasteiger partial charge in [0, 0.05) is 12.4 Å². The summed E-state index contributed by atoms with van der Waals surface area (Å²) in [7, 11) is 1.93. The van der Waals surface area contributed by atoms with E-state index in [1.165, 1.54) is 11.3 Å². The minimum Gasteiger partial charge on any atom is -0.319 e. The molecule has 0 spiro atoms. The van der Waals surface area contributed by atoms with Crippen LogP contribution in [-0.4, -0.2) is 15.5 Å². The zero-order chi connectivity index (χ0) is 14.1. The molecule has 1 amide bonds. The molecule has 0 radical (unpaired) electrons. The molecule has 0 bridgehead atoms. The molecular weight excluding hydrogens is 290 g/mol. The van der Waals surface area contributed by atoms with Crippen molar-refractivity contribution in [1.82, 2.24) is 9.55 Å². The Labute approximate surface area is 124 Å². The van der Waals surface area contributed by atoms with Gasteiger partial charge in [-0.25, -0.2) is 4.98 Å². The highest BCUT2D eigenvalue weighted by Crippen LogP contribution is 2.15. The van der Waals surface area contributed by atoms with Crippen molar-refractivity contribution in [3.05, 3.63) is 45.1 Å². The lowest BCUT2D eigenvalue weighted by Gasteiger charge is -1.94. The predicted molar refractivity (Wildman–Crippen MR) is 81.9 cm³/mol. The average Bonchev–Trinajstić information content (AvgIpc) is 2.95. The predicted octanol–water partition coefficient (Wildman–Crippen LogP) is 2.67. The fraction of sp³-hybridized carbons (Fsp3) is 0.214. The van der Waals surface area contributed by atoms with Crippen molar-refractivity contribution in [2.75, 3.05) is 0 Å². The summed E-state index contributed by atoms with van der Waals surface area (Å²) in [5, 5.41) is 2.88. The van der Waals surface area contributed by atoms with Gasteiger partial charge in [0.2, 0.25) is 0 Å². The van der Waals surface area contributed by atoms with Crippen LogP contribution in [0.3, 0.4) is 0 Å². The number of carbonyl (C=O) groups is 1. The Morgan fingerprint density at radius 2 is 2.20 bits per heavy atom. The number of para-hydroxylation sites is 1. The molecule has 4 nitrogen and oxygen atoms in total. The topological polar surface area (TPSA) is 47.2 Å². The third-order valence-electron chi connectivity index (χ3n) is 2.93. The highest BCUT2D eigenvalue weighted by atomic mass is 32.1. The molecule has 6 heteroatoms. The molecule has 1 aromatic carbocycles. The van der Waals surface area contributed by atoms with E-state index in [-0.39, 0.29) is 12.3 Å². The van der Waals surface area contributed by atoms with Crippen LogP contribution >= 0.6 is 22.7 Å². The number of aromatic nitrogens is 2. The summed E-state index contributed by atoms with van der Waals surface area (Å²) in [4.78, 5) is 21.2. The summed E-state index contributed by atoms with van der Waals surface area (Å²) in [5.41, 5.74) is 1.89. The van der Waals surface area contributed by atoms with E-state index in [4.69, 9.17) is 0 Å². The van der Waals surface area contributed by atoms with E-state index in [9.17, 15) is 4.79 Å². The van der Waals surface area contributed by atoms with E-state index in [1.54, 1.807) is 11.3 Å². The molecule has 102 valence electrons. The molecule has 0 fully saturated rings. The van der Waals surface area contributed by atoms with Gasteiger partial charge < -0.3 is 4.57 Å². The fourth-order valence-corrected chi connectivity index (χ4v) is 3.63. The van der Waals surface area contributed by atoms with Gasteiger partial charge in [-0.05, 0) is 19.1 Å². The van der Waals surface area contributed by atoms with E-state index in [1.807, 2.05) is 48.2 Å². The molecule has 2 aromatic heterocycles. The molecule has 2 heterocycles. The van der Waals surface area contributed by atoms with Gasteiger partial charge in [0.25, 0.3) is 5.91 Å². The van der Waals surface area contributed by atoms with Crippen molar-refractivity contribution in [3.63, 3.8) is 0 Å². The first-order valence-corrected chi connectivity index (χ1v) is 7.86. The minimum absolute atomic E-state index is 0.155. The van der Waals surface area contributed by atoms with Crippen LogP contribution in [0, 0.1) is 6.92 Å². The number of rotatable bonds is 2. The standard InChI is InChI=1S/C14H13N3OS2/c1-9-15-10(8-19-9)7-13(18)16-14-17(2)11-5-3-4-6-12(11)20-14/h3-6,8H,7H2,1-2H3. The van der Waals surface area contributed by atoms with Crippen molar-refractivity contribution < 1.29 is 4.79 Å². The van der Waals surface area contributed by atoms with Gasteiger partial charge in [-0.2, -0.15) is 4.99 Å². The number of nitrogens with zero attached hydrogens (tertiary/aromatic N) is 3. The molecule has 0 saturated heterocycles. The Bertz CT molecular complexity index is 841. The summed E-state index contributed by atoms with van der Waals surface area (Å²) < 4.78 is 3.08. The Hall–Kier alpha value is -1.79. The van der Waals surface area contributed by atoms with Crippen LogP contribution in [0.4, 0.5) is 0 Å². The zero-order valence-corrected chi connectivity index (χ0v) is 12.8. The maximum atomic E-state index is 12.0. The van der Waals surface area contributed by atoms with Gasteiger partial charge in [0.1, 0.15) is 0 Å². The van der Waals surface area contributed by atoms with Crippen LogP contribution in [0.2, 0.25) is 0 Å². The Morgan fingerprint density at radius 3 is 2.90 bits per heavy atom. The van der Waals surface area contributed by atoms with Crippen molar-refractivity contribution in [1.29, 1.82) is 0 Å². The van der Waals surface area contributed by atoms with E-state index in [0.717, 1.165) is 25.7 Å². The molecule has 3 aromatic rings. The van der Waals surface area contributed by atoms with E-state index in [2.05, 4.69) is 9.98 Å². The second-order valence-corrected chi connectivity index (χ2v) is 6.52. The van der Waals surface area contributed by atoms with Crippen LogP contribution in [0.1, 0.15) is 10.7 Å². The molecular formula is C14H13N3OS2. The van der Waals surface area contributed by atoms with Crippen LogP contribution in [0.5, 0.6) is 0 Å². The molecule has 0 saturated carbocycles. The first-order valence-electron chi connectivity index (χ1n) is 6.16. The van der Waals surface area contributed by atoms with Crippen molar-refractivity contribution in [2.45, 2.75) is 13.3 Å². The average molecular weight is 303 g/mol. The molecule has 0 atom stereocenters. The van der Waals surface area contributed by atoms with Gasteiger partial charge in [-0.1, -0.05) is 23.5 Å². The highest BCUT2D eigenvalue weighted by Gasteiger charge is 2.07. The monoisotopic (exact) mass is 303 g/mol. The van der Waals surface area contributed by atoms with E-state index < -0.39 is 0 Å². The third-order valence-corrected chi connectivity index (χ3v) is 4.87. The van der Waals surface area contributed by atoms with Crippen LogP contribution in [0.25, 0.3) is 10.2 Å². The number of hydrogen-bond donors (Lipinski definition) is 0. The molecule has 20 heavy (non-hydrogen) atoms. The van der Waals surface area contributed by atoms with Crippen LogP contribution < -0.4 is 4.80 Å². The SMILES string of the molecule is Cc1nc(CC(=O)N=c2sc3ccccc3n2C)cs1. The first kappa shape index (κ1) is 13.2. The van der Waals surface area contributed by atoms with Crippen molar-refractivity contribution >= 4 is 38.8 Å². The van der Waals surface area contributed by atoms with Crippen molar-refractivity contribution in [2.24, 2.45) is 12.0 Å². The van der Waals surface area contributed by atoms with Crippen molar-refractivity contribution in [3.8, 4) is 0 Å². The fourth-order valence-electron chi connectivity index (χ4n) is 1.98. The number of thiazole rings is 2. The summed E-state index contributed by atoms with van der Waals surface area (Å²) in [6.45, 7) is 1.93. The summed E-state index contributed by atoms with van der Waals surface area (Å²) >= 11 is 3.08. The van der Waals surface area contributed by atoms with E-state index in [0.29, 0.717) is 0 Å². The molecule has 3 rings (SSSR count). The van der Waals surface area contributed by atoms with Gasteiger partial charge >= 0.3 is 0 Å². The lowest BCUT2D eigenvalue weighted by Crippen LogP contribution is -2.14. The molecule has 0 aliphatic heterocycles. The summed E-state index contributed by atoms with van der Waals surface area (Å²) in [6.07, 6.45) is 0.262. The third kappa shape index (κ3) is 2.57.